The van der Waals surface area contributed by atoms with Crippen LogP contribution in [0.5, 0.6) is 0 Å². The number of fused-ring (bicyclic) bond motifs is 1. The maximum Gasteiger partial charge on any atom is -0.0201 e. The first kappa shape index (κ1) is 5.52. The van der Waals surface area contributed by atoms with Gasteiger partial charge < -0.3 is 0 Å². The zero-order chi connectivity index (χ0) is 6.70. The molecule has 0 N–H and O–H groups in total. The van der Waals surface area contributed by atoms with Gasteiger partial charge in [-0.25, -0.2) is 0 Å². The molecular formula is C9H14. The fraction of sp³-hybridized carbons (Fsp3) is 0.778. The SMILES string of the molecule is C=CCC1(C)C2CC21C. The average Bonchev–Trinajstić information content (AvgIpc) is 2.56. The Bertz CT molecular complexity index is 171. The molecule has 0 aromatic carbocycles. The molecule has 0 aromatic heterocycles. The molecule has 0 aromatic rings. The van der Waals surface area contributed by atoms with Crippen LogP contribution in [-0.2, 0) is 0 Å². The average molecular weight is 122 g/mol. The van der Waals surface area contributed by atoms with Gasteiger partial charge in [0.25, 0.3) is 0 Å². The van der Waals surface area contributed by atoms with Gasteiger partial charge in [-0.05, 0) is 29.6 Å². The Morgan fingerprint density at radius 2 is 2.22 bits per heavy atom. The van der Waals surface area contributed by atoms with Gasteiger partial charge >= 0.3 is 0 Å². The van der Waals surface area contributed by atoms with E-state index in [0.717, 1.165) is 11.3 Å². The number of rotatable bonds is 2. The quantitative estimate of drug-likeness (QED) is 0.494. The van der Waals surface area contributed by atoms with Crippen LogP contribution in [-0.4, -0.2) is 0 Å². The second kappa shape index (κ2) is 1.12. The summed E-state index contributed by atoms with van der Waals surface area (Å²) < 4.78 is 0. The zero-order valence-electron chi connectivity index (χ0n) is 6.28. The molecule has 9 heavy (non-hydrogen) atoms. The van der Waals surface area contributed by atoms with Crippen molar-refractivity contribution in [2.45, 2.75) is 26.7 Å². The summed E-state index contributed by atoms with van der Waals surface area (Å²) in [7, 11) is 0. The molecule has 50 valence electrons. The highest BCUT2D eigenvalue weighted by atomic mass is 14.9. The summed E-state index contributed by atoms with van der Waals surface area (Å²) in [4.78, 5) is 0. The van der Waals surface area contributed by atoms with Crippen molar-refractivity contribution in [2.24, 2.45) is 16.7 Å². The van der Waals surface area contributed by atoms with Gasteiger partial charge in [0.1, 0.15) is 0 Å². The molecule has 2 aliphatic rings. The van der Waals surface area contributed by atoms with E-state index < -0.39 is 0 Å². The van der Waals surface area contributed by atoms with E-state index in [1.807, 2.05) is 0 Å². The van der Waals surface area contributed by atoms with Crippen LogP contribution < -0.4 is 0 Å². The third kappa shape index (κ3) is 0.385. The molecule has 0 saturated heterocycles. The van der Waals surface area contributed by atoms with Crippen molar-refractivity contribution in [3.63, 3.8) is 0 Å². The van der Waals surface area contributed by atoms with E-state index in [2.05, 4.69) is 26.5 Å². The molecule has 3 unspecified atom stereocenters. The van der Waals surface area contributed by atoms with Gasteiger partial charge in [0.15, 0.2) is 0 Å². The Balaban J connectivity index is 2.07. The summed E-state index contributed by atoms with van der Waals surface area (Å²) in [6.45, 7) is 8.57. The molecule has 2 rings (SSSR count). The van der Waals surface area contributed by atoms with E-state index in [0.29, 0.717) is 5.41 Å². The molecule has 0 spiro atoms. The zero-order valence-corrected chi connectivity index (χ0v) is 6.28. The second-order valence-corrected chi connectivity index (χ2v) is 4.08. The lowest BCUT2D eigenvalue weighted by Gasteiger charge is -2.17. The molecule has 0 heteroatoms. The van der Waals surface area contributed by atoms with Gasteiger partial charge in [-0.1, -0.05) is 19.9 Å². The maximum absolute atomic E-state index is 3.77. The van der Waals surface area contributed by atoms with Crippen LogP contribution in [0.25, 0.3) is 0 Å². The van der Waals surface area contributed by atoms with Crippen LogP contribution in [0.2, 0.25) is 0 Å². The van der Waals surface area contributed by atoms with Crippen LogP contribution in [0.4, 0.5) is 0 Å². The highest BCUT2D eigenvalue weighted by Gasteiger charge is 2.82. The molecule has 3 atom stereocenters. The van der Waals surface area contributed by atoms with Crippen molar-refractivity contribution in [1.82, 2.24) is 0 Å². The Kier molecular flexibility index (Phi) is 0.685. The summed E-state index contributed by atoms with van der Waals surface area (Å²) in [5, 5.41) is 0. The molecule has 2 aliphatic carbocycles. The van der Waals surface area contributed by atoms with E-state index in [4.69, 9.17) is 0 Å². The number of allylic oxidation sites excluding steroid dienone is 1. The Morgan fingerprint density at radius 1 is 1.67 bits per heavy atom. The lowest BCUT2D eigenvalue weighted by Crippen LogP contribution is -2.08. The molecule has 0 radical (unpaired) electrons. The lowest BCUT2D eigenvalue weighted by atomic mass is 9.87. The summed E-state index contributed by atoms with van der Waals surface area (Å²) >= 11 is 0. The second-order valence-electron chi connectivity index (χ2n) is 4.08. The summed E-state index contributed by atoms with van der Waals surface area (Å²) in [5.74, 6) is 1.06. The van der Waals surface area contributed by atoms with Crippen LogP contribution >= 0.6 is 0 Å². The van der Waals surface area contributed by atoms with Crippen LogP contribution in [0.3, 0.4) is 0 Å². The summed E-state index contributed by atoms with van der Waals surface area (Å²) in [6, 6.07) is 0. The summed E-state index contributed by atoms with van der Waals surface area (Å²) in [6.07, 6.45) is 4.78. The minimum Gasteiger partial charge on any atom is -0.103 e. The molecule has 0 bridgehead atoms. The first-order valence-corrected chi connectivity index (χ1v) is 3.76. The maximum atomic E-state index is 3.77. The minimum absolute atomic E-state index is 0.675. The molecule has 0 aliphatic heterocycles. The predicted molar refractivity (Wildman–Crippen MR) is 39.1 cm³/mol. The van der Waals surface area contributed by atoms with Gasteiger partial charge in [-0.15, -0.1) is 6.58 Å². The molecule has 0 nitrogen and oxygen atoms in total. The smallest absolute Gasteiger partial charge is 0.0201 e. The monoisotopic (exact) mass is 122 g/mol. The van der Waals surface area contributed by atoms with Gasteiger partial charge in [-0.3, -0.25) is 0 Å². The Labute approximate surface area is 57.0 Å². The number of hydrogen-bond donors (Lipinski definition) is 0. The highest BCUT2D eigenvalue weighted by Crippen LogP contribution is 2.88. The van der Waals surface area contributed by atoms with Crippen molar-refractivity contribution in [3.8, 4) is 0 Å². The van der Waals surface area contributed by atoms with Crippen LogP contribution in [0, 0.1) is 16.7 Å². The van der Waals surface area contributed by atoms with E-state index >= 15 is 0 Å². The number of hydrogen-bond acceptors (Lipinski definition) is 0. The van der Waals surface area contributed by atoms with E-state index in [-0.39, 0.29) is 0 Å². The molecule has 0 amide bonds. The van der Waals surface area contributed by atoms with E-state index in [1.165, 1.54) is 12.8 Å². The standard InChI is InChI=1S/C9H14/c1-4-5-8(2)7-6-9(7,8)3/h4,7H,1,5-6H2,2-3H3. The molecular weight excluding hydrogens is 108 g/mol. The first-order chi connectivity index (χ1) is 4.15. The third-order valence-corrected chi connectivity index (χ3v) is 3.80. The lowest BCUT2D eigenvalue weighted by molar-refractivity contribution is 0.348. The van der Waals surface area contributed by atoms with E-state index in [1.54, 1.807) is 0 Å². The first-order valence-electron chi connectivity index (χ1n) is 3.76. The highest BCUT2D eigenvalue weighted by molar-refractivity contribution is 5.31. The normalized spacial score (nSPS) is 60.4. The van der Waals surface area contributed by atoms with Gasteiger partial charge in [0.2, 0.25) is 0 Å². The Hall–Kier alpha value is -0.260. The Morgan fingerprint density at radius 3 is 2.33 bits per heavy atom. The molecule has 2 fully saturated rings. The van der Waals surface area contributed by atoms with Gasteiger partial charge in [0, 0.05) is 0 Å². The largest absolute Gasteiger partial charge is 0.103 e. The van der Waals surface area contributed by atoms with Crippen LogP contribution in [0.15, 0.2) is 12.7 Å². The van der Waals surface area contributed by atoms with Gasteiger partial charge in [-0.2, -0.15) is 0 Å². The minimum atomic E-state index is 0.675. The predicted octanol–water partition coefficient (Wildman–Crippen LogP) is 2.61. The van der Waals surface area contributed by atoms with Crippen molar-refractivity contribution < 1.29 is 0 Å². The third-order valence-electron chi connectivity index (χ3n) is 3.80. The van der Waals surface area contributed by atoms with E-state index in [9.17, 15) is 0 Å². The van der Waals surface area contributed by atoms with Crippen LogP contribution in [0.1, 0.15) is 26.7 Å². The summed E-state index contributed by atoms with van der Waals surface area (Å²) in [5.41, 5.74) is 1.43. The fourth-order valence-corrected chi connectivity index (χ4v) is 2.44. The van der Waals surface area contributed by atoms with Gasteiger partial charge in [0.05, 0.1) is 0 Å². The molecule has 0 heterocycles. The van der Waals surface area contributed by atoms with Crippen molar-refractivity contribution in [3.05, 3.63) is 12.7 Å². The molecule has 2 saturated carbocycles. The topological polar surface area (TPSA) is 0 Å². The fourth-order valence-electron chi connectivity index (χ4n) is 2.44. The van der Waals surface area contributed by atoms with Crippen molar-refractivity contribution >= 4 is 0 Å². The van der Waals surface area contributed by atoms with Crippen molar-refractivity contribution in [1.29, 1.82) is 0 Å². The van der Waals surface area contributed by atoms with Crippen molar-refractivity contribution in [2.75, 3.05) is 0 Å².